The monoisotopic (exact) mass is 850 g/mol. The summed E-state index contributed by atoms with van der Waals surface area (Å²) in [6, 6.07) is 23.3. The Balaban J connectivity index is 0.000000361. The summed E-state index contributed by atoms with van der Waals surface area (Å²) in [6.07, 6.45) is 7.84. The third-order valence-electron chi connectivity index (χ3n) is 9.58. The predicted molar refractivity (Wildman–Crippen MR) is 209 cm³/mol. The van der Waals surface area contributed by atoms with Crippen molar-refractivity contribution in [1.82, 2.24) is 9.97 Å². The maximum absolute atomic E-state index is 11.7. The van der Waals surface area contributed by atoms with Crippen molar-refractivity contribution in [2.75, 3.05) is 0 Å². The molecule has 0 fully saturated rings. The summed E-state index contributed by atoms with van der Waals surface area (Å²) in [6.45, 7) is 23.9. The van der Waals surface area contributed by atoms with Gasteiger partial charge < -0.3 is 5.11 Å². The van der Waals surface area contributed by atoms with Crippen LogP contribution in [0.2, 0.25) is 0 Å². The van der Waals surface area contributed by atoms with E-state index in [1.54, 1.807) is 0 Å². The van der Waals surface area contributed by atoms with Gasteiger partial charge in [0.2, 0.25) is 0 Å². The smallest absolute Gasteiger partial charge is 0.162 e. The summed E-state index contributed by atoms with van der Waals surface area (Å²) < 4.78 is 0. The van der Waals surface area contributed by atoms with Crippen LogP contribution in [-0.2, 0) is 36.7 Å². The molecule has 0 saturated carbocycles. The third kappa shape index (κ3) is 9.68. The van der Waals surface area contributed by atoms with Crippen LogP contribution < -0.4 is 0 Å². The Bertz CT molecular complexity index is 1950. The summed E-state index contributed by atoms with van der Waals surface area (Å²) in [5.74, 6) is 0.547. The van der Waals surface area contributed by atoms with E-state index in [2.05, 4.69) is 109 Å². The molecular weight excluding hydrogens is 793 g/mol. The molecule has 1 N–H and O–H groups in total. The van der Waals surface area contributed by atoms with Gasteiger partial charge in [0.15, 0.2) is 5.78 Å². The number of nitrogens with zero attached hydrogens (tertiary/aromatic N) is 2. The van der Waals surface area contributed by atoms with Crippen LogP contribution >= 0.6 is 0 Å². The molecule has 2 heterocycles. The topological polar surface area (TPSA) is 63.1 Å². The molecule has 0 saturated heterocycles. The van der Waals surface area contributed by atoms with E-state index < -0.39 is 0 Å². The number of pyridine rings is 2. The minimum absolute atomic E-state index is 0. The summed E-state index contributed by atoms with van der Waals surface area (Å²) >= 11 is 0. The summed E-state index contributed by atoms with van der Waals surface area (Å²) in [5.41, 5.74) is 7.04. The zero-order valence-corrected chi connectivity index (χ0v) is 34.5. The minimum atomic E-state index is 0. The predicted octanol–water partition coefficient (Wildman–Crippen LogP) is 12.5. The number of hydrogen-bond donors (Lipinski definition) is 1. The van der Waals surface area contributed by atoms with Crippen molar-refractivity contribution < 1.29 is 30.0 Å². The van der Waals surface area contributed by atoms with E-state index in [-0.39, 0.29) is 54.3 Å². The molecule has 3 aromatic carbocycles. The number of fused-ring (bicyclic) bond motifs is 4. The van der Waals surface area contributed by atoms with Gasteiger partial charge in [-0.3, -0.25) is 14.8 Å². The normalized spacial score (nSPS) is 12.4. The number of aromatic nitrogens is 2. The zero-order chi connectivity index (χ0) is 36.1. The number of carbonyl (C=O) groups excluding carboxylic acids is 1. The summed E-state index contributed by atoms with van der Waals surface area (Å²) in [4.78, 5) is 21.6. The van der Waals surface area contributed by atoms with Crippen molar-refractivity contribution >= 4 is 38.2 Å². The van der Waals surface area contributed by atoms with E-state index >= 15 is 0 Å². The van der Waals surface area contributed by atoms with Crippen LogP contribution in [0, 0.1) is 30.2 Å². The van der Waals surface area contributed by atoms with E-state index in [9.17, 15) is 9.90 Å². The van der Waals surface area contributed by atoms with E-state index in [1.165, 1.54) is 28.0 Å². The fourth-order valence-corrected chi connectivity index (χ4v) is 6.85. The molecule has 269 valence electrons. The number of rotatable bonds is 9. The van der Waals surface area contributed by atoms with Gasteiger partial charge in [-0.25, -0.2) is 0 Å². The molecule has 4 nitrogen and oxygen atoms in total. The maximum Gasteiger partial charge on any atom is 0.162 e. The fraction of sp³-hybridized carbons (Fsp3) is 0.444. The molecule has 0 amide bonds. The standard InChI is InChI=1S/C32H33N2.C13H24O2.Ir/c1-20-16-23(19-31(2,3)4)25-12-13-26-27(30(25)34-20)14-15-33-29(26)22-17-21-10-8-9-11-24(21)28(18-22)32(5,6)7;1-5-10(6-2)12(14)9-13(15)11(7-3)8-4;/h8-16,18H,19H2,1-7H3;9-11,14H,5-8H2,1-4H3;/q-1;;/b;12-9-;. The molecule has 2 aromatic heterocycles. The Hall–Kier alpha value is -3.40. The molecule has 5 heteroatoms. The van der Waals surface area contributed by atoms with Crippen LogP contribution in [0.3, 0.4) is 0 Å². The van der Waals surface area contributed by atoms with Crippen molar-refractivity contribution in [1.29, 1.82) is 0 Å². The van der Waals surface area contributed by atoms with E-state index in [1.807, 2.05) is 33.9 Å². The Labute approximate surface area is 314 Å². The van der Waals surface area contributed by atoms with Gasteiger partial charge in [0.1, 0.15) is 0 Å². The molecule has 0 unspecified atom stereocenters. The molecule has 0 aliphatic carbocycles. The van der Waals surface area contributed by atoms with Gasteiger partial charge in [-0.15, -0.1) is 29.1 Å². The van der Waals surface area contributed by atoms with Gasteiger partial charge in [0.05, 0.1) is 11.3 Å². The number of ketones is 1. The number of aliphatic hydroxyl groups excluding tert-OH is 1. The van der Waals surface area contributed by atoms with E-state index in [0.29, 0.717) is 0 Å². The molecule has 1 radical (unpaired) electrons. The summed E-state index contributed by atoms with van der Waals surface area (Å²) in [5, 5.41) is 15.7. The minimum Gasteiger partial charge on any atom is -0.512 e. The molecule has 50 heavy (non-hydrogen) atoms. The number of aliphatic hydroxyl groups is 1. The number of allylic oxidation sites excluding steroid dienone is 2. The Morgan fingerprint density at radius 2 is 1.44 bits per heavy atom. The molecular formula is C45H57IrN2O2-. The molecule has 0 aliphatic heterocycles. The van der Waals surface area contributed by atoms with Crippen molar-refractivity contribution in [3.8, 4) is 11.3 Å². The van der Waals surface area contributed by atoms with Crippen LogP contribution in [-0.4, -0.2) is 20.9 Å². The first-order chi connectivity index (χ1) is 23.1. The van der Waals surface area contributed by atoms with Gasteiger partial charge in [0.25, 0.3) is 0 Å². The van der Waals surface area contributed by atoms with Crippen molar-refractivity contribution in [3.05, 3.63) is 95.5 Å². The average Bonchev–Trinajstić information content (AvgIpc) is 3.04. The molecule has 0 spiro atoms. The average molecular weight is 850 g/mol. The van der Waals surface area contributed by atoms with Gasteiger partial charge in [0, 0.05) is 66.4 Å². The first kappa shape index (κ1) is 41.0. The molecule has 0 bridgehead atoms. The van der Waals surface area contributed by atoms with Gasteiger partial charge in [-0.2, -0.15) is 0 Å². The second kappa shape index (κ2) is 17.2. The Morgan fingerprint density at radius 1 is 0.820 bits per heavy atom. The Kier molecular flexibility index (Phi) is 14.1. The number of aryl methyl sites for hydroxylation is 1. The van der Waals surface area contributed by atoms with Crippen molar-refractivity contribution in [2.24, 2.45) is 17.3 Å². The zero-order valence-electron chi connectivity index (χ0n) is 32.1. The largest absolute Gasteiger partial charge is 0.512 e. The van der Waals surface area contributed by atoms with Crippen LogP contribution in [0.15, 0.2) is 72.6 Å². The van der Waals surface area contributed by atoms with Crippen LogP contribution in [0.25, 0.3) is 43.7 Å². The van der Waals surface area contributed by atoms with Crippen molar-refractivity contribution in [2.45, 2.75) is 114 Å². The first-order valence-corrected chi connectivity index (χ1v) is 18.2. The van der Waals surface area contributed by atoms with Gasteiger partial charge >= 0.3 is 0 Å². The van der Waals surface area contributed by atoms with E-state index in [4.69, 9.17) is 9.97 Å². The Morgan fingerprint density at radius 3 is 2.04 bits per heavy atom. The number of benzene rings is 3. The SMILES string of the molecule is CCC(CC)C(=O)/C=C(\O)C(CC)CC.Cc1cc(CC(C)(C)C)c2ccc3c(-c4[c-]c5ccccc5c(C(C)(C)C)c4)nccc3c2n1.[Ir]. The maximum atomic E-state index is 11.7. The molecule has 5 aromatic rings. The summed E-state index contributed by atoms with van der Waals surface area (Å²) in [7, 11) is 0. The third-order valence-corrected chi connectivity index (χ3v) is 9.58. The second-order valence-electron chi connectivity index (χ2n) is 15.8. The van der Waals surface area contributed by atoms with E-state index in [0.717, 1.165) is 70.7 Å². The van der Waals surface area contributed by atoms with Gasteiger partial charge in [-0.05, 0) is 72.9 Å². The van der Waals surface area contributed by atoms with Crippen LogP contribution in [0.1, 0.15) is 112 Å². The molecule has 5 rings (SSSR count). The van der Waals surface area contributed by atoms with Crippen LogP contribution in [0.4, 0.5) is 0 Å². The van der Waals surface area contributed by atoms with Crippen molar-refractivity contribution in [3.63, 3.8) is 0 Å². The quantitative estimate of drug-likeness (QED) is 0.0694. The first-order valence-electron chi connectivity index (χ1n) is 18.2. The number of carbonyl (C=O) groups is 1. The van der Waals surface area contributed by atoms with Crippen LogP contribution in [0.5, 0.6) is 0 Å². The fourth-order valence-electron chi connectivity index (χ4n) is 6.85. The number of hydrogen-bond acceptors (Lipinski definition) is 4. The second-order valence-corrected chi connectivity index (χ2v) is 15.8. The molecule has 0 aliphatic rings. The van der Waals surface area contributed by atoms with Gasteiger partial charge in [-0.1, -0.05) is 111 Å². The molecule has 0 atom stereocenters.